The molecule has 1 atom stereocenters. The van der Waals surface area contributed by atoms with Gasteiger partial charge in [-0.05, 0) is 18.8 Å². The molecule has 1 fully saturated rings. The Morgan fingerprint density at radius 1 is 1.47 bits per heavy atom. The molecule has 0 aliphatic heterocycles. The van der Waals surface area contributed by atoms with E-state index in [4.69, 9.17) is 11.6 Å². The Kier molecular flexibility index (Phi) is 3.38. The zero-order valence-electron chi connectivity index (χ0n) is 8.36. The van der Waals surface area contributed by atoms with E-state index in [-0.39, 0.29) is 6.10 Å². The van der Waals surface area contributed by atoms with Crippen LogP contribution in [-0.2, 0) is 0 Å². The Bertz CT molecular complexity index is 330. The number of hydrogen-bond acceptors (Lipinski definition) is 4. The van der Waals surface area contributed by atoms with Gasteiger partial charge in [0.05, 0.1) is 6.10 Å². The highest BCUT2D eigenvalue weighted by Gasteiger charge is 2.25. The van der Waals surface area contributed by atoms with Crippen LogP contribution in [-0.4, -0.2) is 27.7 Å². The molecule has 1 aliphatic rings. The number of hydrogen-bond donors (Lipinski definition) is 2. The molecule has 1 aromatic rings. The summed E-state index contributed by atoms with van der Waals surface area (Å²) in [5.74, 6) is 0.977. The second-order valence-corrected chi connectivity index (χ2v) is 4.19. The van der Waals surface area contributed by atoms with Crippen LogP contribution in [0.4, 0.5) is 5.82 Å². The average Bonchev–Trinajstić information content (AvgIpc) is 2.14. The Morgan fingerprint density at radius 2 is 2.20 bits per heavy atom. The van der Waals surface area contributed by atoms with Crippen molar-refractivity contribution < 1.29 is 5.11 Å². The van der Waals surface area contributed by atoms with E-state index in [2.05, 4.69) is 15.3 Å². The molecule has 1 aliphatic carbocycles. The molecule has 1 saturated carbocycles. The number of rotatable bonds is 4. The molecule has 4 nitrogen and oxygen atoms in total. The van der Waals surface area contributed by atoms with E-state index in [1.807, 2.05) is 0 Å². The first kappa shape index (κ1) is 10.6. The molecular weight excluding hydrogens is 214 g/mol. The van der Waals surface area contributed by atoms with Gasteiger partial charge in [0.15, 0.2) is 11.0 Å². The lowest BCUT2D eigenvalue weighted by molar-refractivity contribution is 0.0729. The number of aliphatic hydroxyl groups excluding tert-OH is 1. The van der Waals surface area contributed by atoms with Crippen molar-refractivity contribution >= 4 is 17.4 Å². The largest absolute Gasteiger partial charge is 0.391 e. The summed E-state index contributed by atoms with van der Waals surface area (Å²) in [7, 11) is 0. The Morgan fingerprint density at radius 3 is 2.80 bits per heavy atom. The monoisotopic (exact) mass is 227 g/mol. The minimum atomic E-state index is -0.308. The highest BCUT2D eigenvalue weighted by molar-refractivity contribution is 6.31. The van der Waals surface area contributed by atoms with Crippen LogP contribution in [0.3, 0.4) is 0 Å². The molecule has 2 N–H and O–H groups in total. The molecule has 2 rings (SSSR count). The summed E-state index contributed by atoms with van der Waals surface area (Å²) >= 11 is 5.82. The Balaban J connectivity index is 1.84. The van der Waals surface area contributed by atoms with Gasteiger partial charge in [-0.15, -0.1) is 0 Å². The van der Waals surface area contributed by atoms with Crippen LogP contribution in [0.5, 0.6) is 0 Å². The van der Waals surface area contributed by atoms with Crippen molar-refractivity contribution in [2.45, 2.75) is 25.4 Å². The van der Waals surface area contributed by atoms with Crippen molar-refractivity contribution in [1.82, 2.24) is 9.97 Å². The molecule has 0 spiro atoms. The highest BCUT2D eigenvalue weighted by Crippen LogP contribution is 2.29. The van der Waals surface area contributed by atoms with E-state index < -0.39 is 0 Å². The number of anilines is 1. The van der Waals surface area contributed by atoms with Crippen molar-refractivity contribution in [3.8, 4) is 0 Å². The van der Waals surface area contributed by atoms with Gasteiger partial charge in [0, 0.05) is 18.9 Å². The lowest BCUT2D eigenvalue weighted by atomic mass is 9.81. The van der Waals surface area contributed by atoms with Gasteiger partial charge < -0.3 is 10.4 Å². The fourth-order valence-corrected chi connectivity index (χ4v) is 1.80. The van der Waals surface area contributed by atoms with Gasteiger partial charge in [0.25, 0.3) is 0 Å². The molecule has 0 bridgehead atoms. The lowest BCUT2D eigenvalue weighted by Crippen LogP contribution is -2.32. The Labute approximate surface area is 93.7 Å². The van der Waals surface area contributed by atoms with Crippen molar-refractivity contribution in [3.05, 3.63) is 17.5 Å². The third-order valence-electron chi connectivity index (χ3n) is 2.83. The first-order chi connectivity index (χ1) is 7.27. The van der Waals surface area contributed by atoms with Crippen LogP contribution in [0.15, 0.2) is 12.4 Å². The number of nitrogens with one attached hydrogen (secondary N) is 1. The molecule has 1 aromatic heterocycles. The molecule has 0 amide bonds. The summed E-state index contributed by atoms with van der Waals surface area (Å²) in [6.45, 7) is 0.489. The molecule has 15 heavy (non-hydrogen) atoms. The minimum Gasteiger partial charge on any atom is -0.391 e. The van der Waals surface area contributed by atoms with E-state index >= 15 is 0 Å². The van der Waals surface area contributed by atoms with Crippen molar-refractivity contribution in [1.29, 1.82) is 0 Å². The van der Waals surface area contributed by atoms with E-state index in [0.717, 1.165) is 12.8 Å². The topological polar surface area (TPSA) is 58.0 Å². The molecule has 1 unspecified atom stereocenters. The average molecular weight is 228 g/mol. The fraction of sp³-hybridized carbons (Fsp3) is 0.600. The van der Waals surface area contributed by atoms with E-state index in [1.165, 1.54) is 12.6 Å². The molecule has 0 aromatic carbocycles. The van der Waals surface area contributed by atoms with Crippen molar-refractivity contribution in [2.24, 2.45) is 5.92 Å². The molecule has 5 heteroatoms. The normalized spacial score (nSPS) is 18.3. The number of halogens is 1. The summed E-state index contributed by atoms with van der Waals surface area (Å²) in [4.78, 5) is 7.93. The number of aromatic nitrogens is 2. The maximum atomic E-state index is 9.77. The molecule has 1 heterocycles. The summed E-state index contributed by atoms with van der Waals surface area (Å²) in [5, 5.41) is 13.1. The number of aliphatic hydroxyl groups is 1. The van der Waals surface area contributed by atoms with Crippen LogP contribution in [0.25, 0.3) is 0 Å². The minimum absolute atomic E-state index is 0.308. The van der Waals surface area contributed by atoms with E-state index in [9.17, 15) is 5.11 Å². The van der Waals surface area contributed by atoms with Gasteiger partial charge in [0.1, 0.15) is 0 Å². The smallest absolute Gasteiger partial charge is 0.171 e. The zero-order valence-corrected chi connectivity index (χ0v) is 9.11. The van der Waals surface area contributed by atoms with Gasteiger partial charge in [-0.1, -0.05) is 18.0 Å². The quantitative estimate of drug-likeness (QED) is 0.822. The zero-order chi connectivity index (χ0) is 10.7. The molecule has 82 valence electrons. The fourth-order valence-electron chi connectivity index (χ4n) is 1.63. The van der Waals surface area contributed by atoms with Gasteiger partial charge in [-0.25, -0.2) is 9.97 Å². The summed E-state index contributed by atoms with van der Waals surface area (Å²) < 4.78 is 0. The molecule has 0 radical (unpaired) electrons. The van der Waals surface area contributed by atoms with Gasteiger partial charge in [-0.3, -0.25) is 0 Å². The predicted octanol–water partition coefficient (Wildman–Crippen LogP) is 1.70. The molecule has 0 saturated heterocycles. The summed E-state index contributed by atoms with van der Waals surface area (Å²) in [6, 6.07) is 0. The van der Waals surface area contributed by atoms with Crippen LogP contribution >= 0.6 is 11.6 Å². The Hall–Kier alpha value is -0.870. The SMILES string of the molecule is OC(CNc1nccnc1Cl)C1CCC1. The van der Waals surface area contributed by atoms with E-state index in [1.54, 1.807) is 6.20 Å². The summed E-state index contributed by atoms with van der Waals surface area (Å²) in [5.41, 5.74) is 0. The highest BCUT2D eigenvalue weighted by atomic mass is 35.5. The number of nitrogens with zero attached hydrogens (tertiary/aromatic N) is 2. The van der Waals surface area contributed by atoms with Gasteiger partial charge in [-0.2, -0.15) is 0 Å². The third kappa shape index (κ3) is 2.58. The van der Waals surface area contributed by atoms with Gasteiger partial charge in [0.2, 0.25) is 0 Å². The maximum absolute atomic E-state index is 9.77. The second-order valence-electron chi connectivity index (χ2n) is 3.83. The second kappa shape index (κ2) is 4.77. The third-order valence-corrected chi connectivity index (χ3v) is 3.10. The van der Waals surface area contributed by atoms with E-state index in [0.29, 0.717) is 23.4 Å². The standard InChI is InChI=1S/C10H14ClN3O/c11-9-10(13-5-4-12-9)14-6-8(15)7-2-1-3-7/h4-5,7-8,15H,1-3,6H2,(H,13,14). The molecular formula is C10H14ClN3O. The van der Waals surface area contributed by atoms with Crippen LogP contribution < -0.4 is 5.32 Å². The lowest BCUT2D eigenvalue weighted by Gasteiger charge is -2.30. The van der Waals surface area contributed by atoms with Crippen molar-refractivity contribution in [3.63, 3.8) is 0 Å². The van der Waals surface area contributed by atoms with Crippen LogP contribution in [0.2, 0.25) is 5.15 Å². The first-order valence-corrected chi connectivity index (χ1v) is 5.53. The summed E-state index contributed by atoms with van der Waals surface area (Å²) in [6.07, 6.45) is 6.28. The maximum Gasteiger partial charge on any atom is 0.171 e. The first-order valence-electron chi connectivity index (χ1n) is 5.16. The van der Waals surface area contributed by atoms with Gasteiger partial charge >= 0.3 is 0 Å². The van der Waals surface area contributed by atoms with Crippen molar-refractivity contribution in [2.75, 3.05) is 11.9 Å². The predicted molar refractivity (Wildman–Crippen MR) is 58.9 cm³/mol. The van der Waals surface area contributed by atoms with Crippen LogP contribution in [0, 0.1) is 5.92 Å². The van der Waals surface area contributed by atoms with Crippen LogP contribution in [0.1, 0.15) is 19.3 Å².